The predicted octanol–water partition coefficient (Wildman–Crippen LogP) is 2.33. The molecular weight excluding hydrogens is 503 g/mol. The molecule has 2 aromatic carbocycles. The molecule has 3 rings (SSSR count). The highest BCUT2D eigenvalue weighted by Gasteiger charge is 2.35. The Morgan fingerprint density at radius 1 is 1.14 bits per heavy atom. The molecule has 0 saturated carbocycles. The predicted molar refractivity (Wildman–Crippen MR) is 121 cm³/mol. The molecule has 36 heavy (non-hydrogen) atoms. The Bertz CT molecular complexity index is 1250. The van der Waals surface area contributed by atoms with Gasteiger partial charge in [-0.1, -0.05) is 18.2 Å². The summed E-state index contributed by atoms with van der Waals surface area (Å²) < 4.78 is 64.1. The normalized spacial score (nSPS) is 16.2. The van der Waals surface area contributed by atoms with Gasteiger partial charge in [0.15, 0.2) is 0 Å². The van der Waals surface area contributed by atoms with Crippen LogP contribution in [0.2, 0.25) is 0 Å². The minimum absolute atomic E-state index is 0.0160. The number of hydrogen-bond acceptors (Lipinski definition) is 5. The highest BCUT2D eigenvalue weighted by atomic mass is 32.2. The largest absolute Gasteiger partial charge is 0.480 e. The van der Waals surface area contributed by atoms with Crippen LogP contribution in [-0.2, 0) is 32.3 Å². The molecule has 0 aromatic heterocycles. The maximum Gasteiger partial charge on any atom is 0.416 e. The monoisotopic (exact) mass is 527 g/mol. The standard InChI is InChI=1S/C23H24F3N3O6S/c1-28(14-20(30)31)36(34,35)18-5-2-4-16(12-18)22(33)29-11-3-6-19(29)21(32)27-13-15-7-9-17(10-8-15)23(24,25)26/h2,4-5,7-10,12,19H,3,6,11,13-14H2,1H3,(H,27,32)(H,30,31)/t19-/m1/s1. The van der Waals surface area contributed by atoms with Crippen molar-refractivity contribution in [3.05, 3.63) is 65.2 Å². The molecule has 0 spiro atoms. The van der Waals surface area contributed by atoms with E-state index in [0.29, 0.717) is 22.7 Å². The molecule has 13 heteroatoms. The van der Waals surface area contributed by atoms with Gasteiger partial charge in [0.1, 0.15) is 12.6 Å². The Kier molecular flexibility index (Phi) is 8.04. The number of alkyl halides is 3. The summed E-state index contributed by atoms with van der Waals surface area (Å²) in [6.45, 7) is -0.528. The van der Waals surface area contributed by atoms with Crippen LogP contribution >= 0.6 is 0 Å². The van der Waals surface area contributed by atoms with Gasteiger partial charge in [-0.3, -0.25) is 14.4 Å². The Labute approximate surface area is 205 Å². The molecule has 1 fully saturated rings. The molecule has 2 amide bonds. The van der Waals surface area contributed by atoms with Crippen LogP contribution in [-0.4, -0.2) is 66.7 Å². The van der Waals surface area contributed by atoms with Gasteiger partial charge in [0.2, 0.25) is 15.9 Å². The fraction of sp³-hybridized carbons (Fsp3) is 0.348. The van der Waals surface area contributed by atoms with Gasteiger partial charge in [0.25, 0.3) is 5.91 Å². The van der Waals surface area contributed by atoms with Gasteiger partial charge in [-0.05, 0) is 48.7 Å². The maximum atomic E-state index is 13.1. The number of likely N-dealkylation sites (N-methyl/N-ethyl adjacent to an activating group) is 1. The Hall–Kier alpha value is -3.45. The molecule has 1 atom stereocenters. The van der Waals surface area contributed by atoms with Crippen molar-refractivity contribution in [1.29, 1.82) is 0 Å². The Morgan fingerprint density at radius 3 is 2.42 bits per heavy atom. The molecule has 0 bridgehead atoms. The minimum Gasteiger partial charge on any atom is -0.480 e. The number of benzene rings is 2. The van der Waals surface area contributed by atoms with E-state index >= 15 is 0 Å². The summed E-state index contributed by atoms with van der Waals surface area (Å²) in [5, 5.41) is 11.5. The molecule has 2 aromatic rings. The van der Waals surface area contributed by atoms with Crippen LogP contribution in [0.5, 0.6) is 0 Å². The second-order valence-electron chi connectivity index (χ2n) is 8.25. The van der Waals surface area contributed by atoms with Crippen LogP contribution in [0, 0.1) is 0 Å². The summed E-state index contributed by atoms with van der Waals surface area (Å²) in [6, 6.07) is 8.64. The number of likely N-dealkylation sites (tertiary alicyclic amines) is 1. The first-order valence-corrected chi connectivity index (χ1v) is 12.3. The molecule has 2 N–H and O–H groups in total. The summed E-state index contributed by atoms with van der Waals surface area (Å²) >= 11 is 0. The van der Waals surface area contributed by atoms with Gasteiger partial charge in [0, 0.05) is 25.7 Å². The van der Waals surface area contributed by atoms with E-state index in [2.05, 4.69) is 5.32 Å². The van der Waals surface area contributed by atoms with Crippen molar-refractivity contribution in [2.75, 3.05) is 20.1 Å². The third kappa shape index (κ3) is 6.21. The number of halogens is 3. The van der Waals surface area contributed by atoms with E-state index in [-0.39, 0.29) is 23.5 Å². The number of rotatable bonds is 8. The van der Waals surface area contributed by atoms with Gasteiger partial charge in [-0.25, -0.2) is 8.42 Å². The number of carbonyl (C=O) groups is 3. The van der Waals surface area contributed by atoms with Crippen molar-refractivity contribution in [3.8, 4) is 0 Å². The van der Waals surface area contributed by atoms with Crippen molar-refractivity contribution < 1.29 is 41.1 Å². The second kappa shape index (κ2) is 10.7. The van der Waals surface area contributed by atoms with Crippen LogP contribution in [0.1, 0.15) is 34.3 Å². The van der Waals surface area contributed by atoms with Crippen LogP contribution < -0.4 is 5.32 Å². The highest BCUT2D eigenvalue weighted by Crippen LogP contribution is 2.29. The average Bonchev–Trinajstić information content (AvgIpc) is 3.31. The number of sulfonamides is 1. The molecule has 1 aliphatic heterocycles. The van der Waals surface area contributed by atoms with Crippen molar-refractivity contribution in [1.82, 2.24) is 14.5 Å². The zero-order chi connectivity index (χ0) is 26.7. The summed E-state index contributed by atoms with van der Waals surface area (Å²) in [4.78, 5) is 37.8. The first kappa shape index (κ1) is 27.1. The zero-order valence-electron chi connectivity index (χ0n) is 19.2. The summed E-state index contributed by atoms with van der Waals surface area (Å²) in [5.74, 6) is -2.39. The maximum absolute atomic E-state index is 13.1. The van der Waals surface area contributed by atoms with E-state index in [1.165, 1.54) is 35.2 Å². The zero-order valence-corrected chi connectivity index (χ0v) is 20.0. The van der Waals surface area contributed by atoms with Crippen LogP contribution in [0.3, 0.4) is 0 Å². The molecule has 1 aliphatic rings. The van der Waals surface area contributed by atoms with Crippen molar-refractivity contribution in [2.45, 2.75) is 36.5 Å². The molecule has 1 saturated heterocycles. The smallest absolute Gasteiger partial charge is 0.416 e. The van der Waals surface area contributed by atoms with E-state index in [1.807, 2.05) is 0 Å². The number of nitrogens with zero attached hydrogens (tertiary/aromatic N) is 2. The van der Waals surface area contributed by atoms with Gasteiger partial charge in [-0.15, -0.1) is 0 Å². The Balaban J connectivity index is 1.70. The number of aliphatic carboxylic acids is 1. The van der Waals surface area contributed by atoms with Gasteiger partial charge in [-0.2, -0.15) is 17.5 Å². The van der Waals surface area contributed by atoms with E-state index in [1.54, 1.807) is 0 Å². The van der Waals surface area contributed by atoms with E-state index in [4.69, 9.17) is 5.11 Å². The third-order valence-electron chi connectivity index (χ3n) is 5.71. The average molecular weight is 528 g/mol. The number of carbonyl (C=O) groups excluding carboxylic acids is 2. The lowest BCUT2D eigenvalue weighted by Gasteiger charge is -2.24. The van der Waals surface area contributed by atoms with E-state index in [0.717, 1.165) is 25.2 Å². The number of hydrogen-bond donors (Lipinski definition) is 2. The quantitative estimate of drug-likeness (QED) is 0.543. The van der Waals surface area contributed by atoms with Crippen molar-refractivity contribution in [3.63, 3.8) is 0 Å². The number of carboxylic acid groups (broad SMARTS) is 1. The molecule has 1 heterocycles. The molecule has 0 aliphatic carbocycles. The summed E-state index contributed by atoms with van der Waals surface area (Å²) in [7, 11) is -3.06. The molecular formula is C23H24F3N3O6S. The van der Waals surface area contributed by atoms with Crippen LogP contribution in [0.4, 0.5) is 13.2 Å². The Morgan fingerprint density at radius 2 is 1.81 bits per heavy atom. The van der Waals surface area contributed by atoms with Gasteiger partial charge >= 0.3 is 12.1 Å². The van der Waals surface area contributed by atoms with Gasteiger partial charge in [0.05, 0.1) is 10.5 Å². The van der Waals surface area contributed by atoms with E-state index in [9.17, 15) is 36.0 Å². The first-order valence-electron chi connectivity index (χ1n) is 10.8. The number of amides is 2. The molecule has 194 valence electrons. The van der Waals surface area contributed by atoms with Crippen LogP contribution in [0.25, 0.3) is 0 Å². The highest BCUT2D eigenvalue weighted by molar-refractivity contribution is 7.89. The van der Waals surface area contributed by atoms with Crippen LogP contribution in [0.15, 0.2) is 53.4 Å². The summed E-state index contributed by atoms with van der Waals surface area (Å²) in [5.41, 5.74) is -0.332. The molecule has 9 nitrogen and oxygen atoms in total. The number of carboxylic acids is 1. The van der Waals surface area contributed by atoms with E-state index < -0.39 is 52.1 Å². The first-order chi connectivity index (χ1) is 16.8. The SMILES string of the molecule is CN(CC(=O)O)S(=O)(=O)c1cccc(C(=O)N2CCC[C@@H]2C(=O)NCc2ccc(C(F)(F)F)cc2)c1. The second-order valence-corrected chi connectivity index (χ2v) is 10.3. The lowest BCUT2D eigenvalue weighted by Crippen LogP contribution is -2.45. The number of nitrogens with one attached hydrogen (secondary N) is 1. The summed E-state index contributed by atoms with van der Waals surface area (Å²) in [6.07, 6.45) is -3.57. The van der Waals surface area contributed by atoms with Crippen molar-refractivity contribution >= 4 is 27.8 Å². The fourth-order valence-corrected chi connectivity index (χ4v) is 4.98. The minimum atomic E-state index is -4.46. The lowest BCUT2D eigenvalue weighted by molar-refractivity contribution is -0.138. The molecule has 0 radical (unpaired) electrons. The molecule has 0 unspecified atom stereocenters. The fourth-order valence-electron chi connectivity index (χ4n) is 3.81. The topological polar surface area (TPSA) is 124 Å². The van der Waals surface area contributed by atoms with Crippen molar-refractivity contribution in [2.24, 2.45) is 0 Å². The lowest BCUT2D eigenvalue weighted by atomic mass is 10.1. The van der Waals surface area contributed by atoms with Gasteiger partial charge < -0.3 is 15.3 Å². The third-order valence-corrected chi connectivity index (χ3v) is 7.51.